The first-order valence-electron chi connectivity index (χ1n) is 4.77. The van der Waals surface area contributed by atoms with Crippen molar-refractivity contribution in [3.8, 4) is 0 Å². The van der Waals surface area contributed by atoms with Crippen molar-refractivity contribution in [1.82, 2.24) is 4.90 Å². The van der Waals surface area contributed by atoms with Gasteiger partial charge < -0.3 is 4.74 Å². The Kier molecular flexibility index (Phi) is 5.71. The van der Waals surface area contributed by atoms with E-state index in [4.69, 9.17) is 0 Å². The number of hydrogen-bond donors (Lipinski definition) is 0. The van der Waals surface area contributed by atoms with Crippen LogP contribution in [0.15, 0.2) is 0 Å². The number of carbonyl (C=O) groups is 1. The molecule has 0 aliphatic rings. The highest BCUT2D eigenvalue weighted by molar-refractivity contribution is 5.75. The van der Waals surface area contributed by atoms with E-state index < -0.39 is 0 Å². The predicted octanol–water partition coefficient (Wildman–Crippen LogP) is 1.53. The molecule has 3 nitrogen and oxygen atoms in total. The van der Waals surface area contributed by atoms with Crippen LogP contribution in [0.4, 0.5) is 0 Å². The van der Waals surface area contributed by atoms with E-state index in [1.165, 1.54) is 7.11 Å². The molecule has 0 bridgehead atoms. The highest BCUT2D eigenvalue weighted by Crippen LogP contribution is 2.04. The molecule has 0 saturated heterocycles. The van der Waals surface area contributed by atoms with E-state index in [-0.39, 0.29) is 12.0 Å². The van der Waals surface area contributed by atoms with Crippen LogP contribution in [0, 0.1) is 5.92 Å². The third kappa shape index (κ3) is 4.88. The molecule has 0 aliphatic carbocycles. The molecule has 0 aromatic heterocycles. The first kappa shape index (κ1) is 12.4. The minimum atomic E-state index is -0.161. The smallest absolute Gasteiger partial charge is 0.322 e. The summed E-state index contributed by atoms with van der Waals surface area (Å²) in [6, 6.07) is -0.135. The number of ether oxygens (including phenoxy) is 1. The van der Waals surface area contributed by atoms with Crippen LogP contribution in [0.1, 0.15) is 27.2 Å². The van der Waals surface area contributed by atoms with E-state index in [1.807, 2.05) is 18.9 Å². The normalized spacial score (nSPS) is 13.5. The number of nitrogens with zero attached hydrogens (tertiary/aromatic N) is 1. The van der Waals surface area contributed by atoms with Crippen molar-refractivity contribution in [2.75, 3.05) is 20.7 Å². The minimum Gasteiger partial charge on any atom is -0.468 e. The van der Waals surface area contributed by atoms with Gasteiger partial charge in [0.15, 0.2) is 0 Å². The quantitative estimate of drug-likeness (QED) is 0.611. The van der Waals surface area contributed by atoms with Crippen LogP contribution in [0.3, 0.4) is 0 Å². The molecule has 78 valence electrons. The summed E-state index contributed by atoms with van der Waals surface area (Å²) in [6.45, 7) is 7.16. The van der Waals surface area contributed by atoms with Crippen LogP contribution < -0.4 is 0 Å². The van der Waals surface area contributed by atoms with Gasteiger partial charge in [-0.25, -0.2) is 0 Å². The van der Waals surface area contributed by atoms with Crippen LogP contribution in [0.5, 0.6) is 0 Å². The van der Waals surface area contributed by atoms with E-state index in [0.29, 0.717) is 5.92 Å². The zero-order valence-corrected chi connectivity index (χ0v) is 9.33. The molecule has 0 spiro atoms. The largest absolute Gasteiger partial charge is 0.468 e. The van der Waals surface area contributed by atoms with Crippen molar-refractivity contribution in [1.29, 1.82) is 0 Å². The summed E-state index contributed by atoms with van der Waals surface area (Å²) in [5, 5.41) is 0. The lowest BCUT2D eigenvalue weighted by Crippen LogP contribution is -2.37. The number of esters is 1. The molecular weight excluding hydrogens is 166 g/mol. The Labute approximate surface area is 81.1 Å². The van der Waals surface area contributed by atoms with Crippen LogP contribution >= 0.6 is 0 Å². The van der Waals surface area contributed by atoms with Crippen LogP contribution in [-0.4, -0.2) is 37.6 Å². The van der Waals surface area contributed by atoms with Crippen molar-refractivity contribution in [3.63, 3.8) is 0 Å². The standard InChI is InChI=1S/C10H21NO2/c1-8(2)6-7-11(4)9(3)10(12)13-5/h8-9H,6-7H2,1-5H3. The van der Waals surface area contributed by atoms with Gasteiger partial charge >= 0.3 is 5.97 Å². The molecule has 0 radical (unpaired) electrons. The molecule has 0 aromatic rings. The lowest BCUT2D eigenvalue weighted by Gasteiger charge is -2.22. The average molecular weight is 187 g/mol. The average Bonchev–Trinajstić information content (AvgIpc) is 2.11. The topological polar surface area (TPSA) is 29.5 Å². The minimum absolute atomic E-state index is 0.135. The van der Waals surface area contributed by atoms with E-state index in [1.54, 1.807) is 0 Å². The first-order valence-corrected chi connectivity index (χ1v) is 4.77. The lowest BCUT2D eigenvalue weighted by molar-refractivity contribution is -0.145. The van der Waals surface area contributed by atoms with Gasteiger partial charge in [-0.2, -0.15) is 0 Å². The molecule has 0 heterocycles. The fourth-order valence-corrected chi connectivity index (χ4v) is 1.01. The maximum atomic E-state index is 11.1. The Hall–Kier alpha value is -0.570. The summed E-state index contributed by atoms with van der Waals surface area (Å²) < 4.78 is 4.66. The Morgan fingerprint density at radius 2 is 1.92 bits per heavy atom. The molecule has 0 rings (SSSR count). The fraction of sp³-hybridized carbons (Fsp3) is 0.900. The molecule has 0 fully saturated rings. The van der Waals surface area contributed by atoms with E-state index in [0.717, 1.165) is 13.0 Å². The van der Waals surface area contributed by atoms with E-state index >= 15 is 0 Å². The Morgan fingerprint density at radius 3 is 2.31 bits per heavy atom. The molecular formula is C10H21NO2. The van der Waals surface area contributed by atoms with Gasteiger partial charge in [-0.05, 0) is 32.9 Å². The summed E-state index contributed by atoms with van der Waals surface area (Å²) in [5.74, 6) is 0.513. The molecule has 0 saturated carbocycles. The van der Waals surface area contributed by atoms with Crippen molar-refractivity contribution < 1.29 is 9.53 Å². The molecule has 0 aromatic carbocycles. The number of hydrogen-bond acceptors (Lipinski definition) is 3. The fourth-order valence-electron chi connectivity index (χ4n) is 1.01. The summed E-state index contributed by atoms with van der Waals surface area (Å²) in [4.78, 5) is 13.2. The van der Waals surface area contributed by atoms with Gasteiger partial charge in [-0.15, -0.1) is 0 Å². The van der Waals surface area contributed by atoms with E-state index in [9.17, 15) is 4.79 Å². The molecule has 13 heavy (non-hydrogen) atoms. The van der Waals surface area contributed by atoms with Crippen molar-refractivity contribution in [2.45, 2.75) is 33.2 Å². The van der Waals surface area contributed by atoms with Gasteiger partial charge in [0.1, 0.15) is 6.04 Å². The zero-order chi connectivity index (χ0) is 10.4. The van der Waals surface area contributed by atoms with Gasteiger partial charge in [-0.3, -0.25) is 9.69 Å². The molecule has 3 heteroatoms. The Morgan fingerprint density at radius 1 is 1.38 bits per heavy atom. The molecule has 0 amide bonds. The summed E-state index contributed by atoms with van der Waals surface area (Å²) >= 11 is 0. The highest BCUT2D eigenvalue weighted by atomic mass is 16.5. The number of methoxy groups -OCH3 is 1. The first-order chi connectivity index (χ1) is 5.99. The molecule has 0 aliphatic heterocycles. The van der Waals surface area contributed by atoms with Gasteiger partial charge in [0.2, 0.25) is 0 Å². The highest BCUT2D eigenvalue weighted by Gasteiger charge is 2.17. The van der Waals surface area contributed by atoms with Gasteiger partial charge in [0.05, 0.1) is 7.11 Å². The lowest BCUT2D eigenvalue weighted by atomic mass is 10.1. The van der Waals surface area contributed by atoms with Crippen molar-refractivity contribution >= 4 is 5.97 Å². The third-order valence-electron chi connectivity index (χ3n) is 2.26. The monoisotopic (exact) mass is 187 g/mol. The molecule has 1 unspecified atom stereocenters. The second-order valence-corrected chi connectivity index (χ2v) is 3.86. The maximum Gasteiger partial charge on any atom is 0.322 e. The molecule has 1 atom stereocenters. The van der Waals surface area contributed by atoms with Crippen LogP contribution in [0.25, 0.3) is 0 Å². The van der Waals surface area contributed by atoms with Gasteiger partial charge in [0, 0.05) is 0 Å². The third-order valence-corrected chi connectivity index (χ3v) is 2.26. The van der Waals surface area contributed by atoms with E-state index in [2.05, 4.69) is 18.6 Å². The summed E-state index contributed by atoms with van der Waals surface area (Å²) in [6.07, 6.45) is 1.11. The Balaban J connectivity index is 3.82. The number of likely N-dealkylation sites (N-methyl/N-ethyl adjacent to an activating group) is 1. The number of carbonyl (C=O) groups excluding carboxylic acids is 1. The maximum absolute atomic E-state index is 11.1. The SMILES string of the molecule is COC(=O)C(C)N(C)CCC(C)C. The summed E-state index contributed by atoms with van der Waals surface area (Å²) in [7, 11) is 3.37. The van der Waals surface area contributed by atoms with Gasteiger partial charge in [-0.1, -0.05) is 13.8 Å². The van der Waals surface area contributed by atoms with Gasteiger partial charge in [0.25, 0.3) is 0 Å². The summed E-state index contributed by atoms with van der Waals surface area (Å²) in [5.41, 5.74) is 0. The van der Waals surface area contributed by atoms with Crippen molar-refractivity contribution in [2.24, 2.45) is 5.92 Å². The second-order valence-electron chi connectivity index (χ2n) is 3.86. The predicted molar refractivity (Wildman–Crippen MR) is 53.6 cm³/mol. The van der Waals surface area contributed by atoms with Crippen LogP contribution in [-0.2, 0) is 9.53 Å². The van der Waals surface area contributed by atoms with Crippen LogP contribution in [0.2, 0.25) is 0 Å². The zero-order valence-electron chi connectivity index (χ0n) is 9.33. The molecule has 0 N–H and O–H groups in total. The Bertz CT molecular complexity index is 157. The van der Waals surface area contributed by atoms with Crippen molar-refractivity contribution in [3.05, 3.63) is 0 Å². The number of rotatable bonds is 5. The second kappa shape index (κ2) is 5.97.